The third kappa shape index (κ3) is 2.18. The van der Waals surface area contributed by atoms with Crippen LogP contribution in [0.4, 0.5) is 0 Å². The minimum atomic E-state index is -0.389. The fraction of sp³-hybridized carbons (Fsp3) is 0.500. The molecule has 0 amide bonds. The maximum atomic E-state index is 9.28. The standard InChI is InChI=1S/C10H16N2O/c1-7(9(3)13)5-10-6-11-12(4)8(10)2/h5-6,9,13H,1-4H3. The van der Waals surface area contributed by atoms with Crippen LogP contribution in [0.15, 0.2) is 11.8 Å². The van der Waals surface area contributed by atoms with Gasteiger partial charge < -0.3 is 5.11 Å². The van der Waals surface area contributed by atoms with Gasteiger partial charge in [-0.15, -0.1) is 0 Å². The van der Waals surface area contributed by atoms with E-state index in [0.29, 0.717) is 0 Å². The van der Waals surface area contributed by atoms with Crippen molar-refractivity contribution >= 4 is 6.08 Å². The van der Waals surface area contributed by atoms with E-state index in [9.17, 15) is 5.11 Å². The maximum Gasteiger partial charge on any atom is 0.0722 e. The second-order valence-electron chi connectivity index (χ2n) is 3.37. The molecular formula is C10H16N2O. The molecule has 0 fully saturated rings. The molecule has 0 saturated heterocycles. The van der Waals surface area contributed by atoms with E-state index >= 15 is 0 Å². The van der Waals surface area contributed by atoms with Crippen molar-refractivity contribution in [3.8, 4) is 0 Å². The molecule has 1 rings (SSSR count). The Hall–Kier alpha value is -1.09. The second-order valence-corrected chi connectivity index (χ2v) is 3.37. The largest absolute Gasteiger partial charge is 0.389 e. The van der Waals surface area contributed by atoms with Crippen molar-refractivity contribution in [3.63, 3.8) is 0 Å². The van der Waals surface area contributed by atoms with Crippen LogP contribution in [0.3, 0.4) is 0 Å². The number of aryl methyl sites for hydroxylation is 1. The summed E-state index contributed by atoms with van der Waals surface area (Å²) in [5, 5.41) is 13.4. The Morgan fingerprint density at radius 2 is 2.31 bits per heavy atom. The van der Waals surface area contributed by atoms with Gasteiger partial charge in [0.05, 0.1) is 12.3 Å². The lowest BCUT2D eigenvalue weighted by Crippen LogP contribution is -2.00. The van der Waals surface area contributed by atoms with Gasteiger partial charge in [-0.1, -0.05) is 6.08 Å². The van der Waals surface area contributed by atoms with Gasteiger partial charge in [-0.05, 0) is 26.3 Å². The van der Waals surface area contributed by atoms with Crippen molar-refractivity contribution in [3.05, 3.63) is 23.0 Å². The molecule has 1 heterocycles. The second kappa shape index (κ2) is 3.75. The zero-order valence-corrected chi connectivity index (χ0v) is 8.57. The summed E-state index contributed by atoms with van der Waals surface area (Å²) in [6.45, 7) is 5.68. The summed E-state index contributed by atoms with van der Waals surface area (Å²) in [7, 11) is 1.91. The monoisotopic (exact) mass is 180 g/mol. The van der Waals surface area contributed by atoms with Gasteiger partial charge in [0.25, 0.3) is 0 Å². The highest BCUT2D eigenvalue weighted by atomic mass is 16.3. The van der Waals surface area contributed by atoms with Crippen molar-refractivity contribution in [1.82, 2.24) is 9.78 Å². The molecule has 0 aliphatic carbocycles. The first-order valence-electron chi connectivity index (χ1n) is 4.37. The molecule has 0 bridgehead atoms. The normalized spacial score (nSPS) is 14.7. The molecular weight excluding hydrogens is 164 g/mol. The Balaban J connectivity index is 2.97. The predicted octanol–water partition coefficient (Wildman–Crippen LogP) is 1.51. The number of aromatic nitrogens is 2. The zero-order chi connectivity index (χ0) is 10.0. The number of aliphatic hydroxyl groups excluding tert-OH is 1. The van der Waals surface area contributed by atoms with E-state index in [0.717, 1.165) is 16.8 Å². The van der Waals surface area contributed by atoms with E-state index in [4.69, 9.17) is 0 Å². The highest BCUT2D eigenvalue weighted by Gasteiger charge is 2.03. The SMILES string of the molecule is CC(=Cc1cnn(C)c1C)C(C)O. The molecule has 1 atom stereocenters. The van der Waals surface area contributed by atoms with Gasteiger partial charge in [-0.2, -0.15) is 5.10 Å². The van der Waals surface area contributed by atoms with E-state index in [1.165, 1.54) is 0 Å². The van der Waals surface area contributed by atoms with Gasteiger partial charge in [0, 0.05) is 18.3 Å². The molecule has 1 N–H and O–H groups in total. The quantitative estimate of drug-likeness (QED) is 0.749. The van der Waals surface area contributed by atoms with Gasteiger partial charge in [0.1, 0.15) is 0 Å². The lowest BCUT2D eigenvalue weighted by molar-refractivity contribution is 0.232. The highest BCUT2D eigenvalue weighted by Crippen LogP contribution is 2.12. The Labute approximate surface area is 78.7 Å². The molecule has 1 unspecified atom stereocenters. The Kier molecular flexibility index (Phi) is 2.88. The Bertz CT molecular complexity index is 324. The first-order valence-corrected chi connectivity index (χ1v) is 4.37. The van der Waals surface area contributed by atoms with Crippen molar-refractivity contribution in [2.75, 3.05) is 0 Å². The molecule has 0 saturated carbocycles. The Morgan fingerprint density at radius 1 is 1.69 bits per heavy atom. The summed E-state index contributed by atoms with van der Waals surface area (Å²) in [5.41, 5.74) is 3.14. The van der Waals surface area contributed by atoms with E-state index in [-0.39, 0.29) is 6.10 Å². The van der Waals surface area contributed by atoms with Gasteiger partial charge in [-0.25, -0.2) is 0 Å². The first kappa shape index (κ1) is 9.99. The average molecular weight is 180 g/mol. The van der Waals surface area contributed by atoms with Crippen LogP contribution in [-0.2, 0) is 7.05 Å². The summed E-state index contributed by atoms with van der Waals surface area (Å²) in [6.07, 6.45) is 3.38. The average Bonchev–Trinajstić information content (AvgIpc) is 2.36. The van der Waals surface area contributed by atoms with Crippen LogP contribution in [0.2, 0.25) is 0 Å². The molecule has 1 aromatic rings. The zero-order valence-electron chi connectivity index (χ0n) is 8.57. The van der Waals surface area contributed by atoms with Gasteiger partial charge >= 0.3 is 0 Å². The lowest BCUT2D eigenvalue weighted by Gasteiger charge is -2.03. The van der Waals surface area contributed by atoms with Crippen molar-refractivity contribution in [2.45, 2.75) is 26.9 Å². The molecule has 0 spiro atoms. The minimum absolute atomic E-state index is 0.389. The summed E-state index contributed by atoms with van der Waals surface area (Å²) in [6, 6.07) is 0. The van der Waals surface area contributed by atoms with Gasteiger partial charge in [-0.3, -0.25) is 4.68 Å². The minimum Gasteiger partial charge on any atom is -0.389 e. The van der Waals surface area contributed by atoms with Crippen LogP contribution in [-0.4, -0.2) is 21.0 Å². The smallest absolute Gasteiger partial charge is 0.0722 e. The van der Waals surface area contributed by atoms with Crippen LogP contribution in [0.5, 0.6) is 0 Å². The summed E-state index contributed by atoms with van der Waals surface area (Å²) in [4.78, 5) is 0. The molecule has 72 valence electrons. The van der Waals surface area contributed by atoms with E-state index in [1.807, 2.05) is 31.7 Å². The fourth-order valence-electron chi connectivity index (χ4n) is 1.02. The predicted molar refractivity (Wildman–Crippen MR) is 53.3 cm³/mol. The molecule has 3 heteroatoms. The topological polar surface area (TPSA) is 38.0 Å². The third-order valence-corrected chi connectivity index (χ3v) is 2.32. The van der Waals surface area contributed by atoms with E-state index in [2.05, 4.69) is 5.10 Å². The molecule has 0 aliphatic heterocycles. The highest BCUT2D eigenvalue weighted by molar-refractivity contribution is 5.54. The van der Waals surface area contributed by atoms with Crippen molar-refractivity contribution in [2.24, 2.45) is 7.05 Å². The van der Waals surface area contributed by atoms with E-state index in [1.54, 1.807) is 13.1 Å². The summed E-state index contributed by atoms with van der Waals surface area (Å²) in [5.74, 6) is 0. The Morgan fingerprint density at radius 3 is 2.69 bits per heavy atom. The van der Waals surface area contributed by atoms with Crippen LogP contribution < -0.4 is 0 Å². The van der Waals surface area contributed by atoms with Crippen LogP contribution in [0.1, 0.15) is 25.1 Å². The third-order valence-electron chi connectivity index (χ3n) is 2.32. The van der Waals surface area contributed by atoms with Crippen molar-refractivity contribution in [1.29, 1.82) is 0 Å². The summed E-state index contributed by atoms with van der Waals surface area (Å²) >= 11 is 0. The molecule has 1 aromatic heterocycles. The molecule has 0 radical (unpaired) electrons. The number of nitrogens with zero attached hydrogens (tertiary/aromatic N) is 2. The van der Waals surface area contributed by atoms with E-state index < -0.39 is 0 Å². The molecule has 13 heavy (non-hydrogen) atoms. The molecule has 0 aliphatic rings. The van der Waals surface area contributed by atoms with Crippen molar-refractivity contribution < 1.29 is 5.11 Å². The van der Waals surface area contributed by atoms with Gasteiger partial charge in [0.2, 0.25) is 0 Å². The van der Waals surface area contributed by atoms with Crippen LogP contribution in [0.25, 0.3) is 6.08 Å². The van der Waals surface area contributed by atoms with Crippen LogP contribution >= 0.6 is 0 Å². The van der Waals surface area contributed by atoms with Gasteiger partial charge in [0.15, 0.2) is 0 Å². The molecule has 0 aromatic carbocycles. The maximum absolute atomic E-state index is 9.28. The fourth-order valence-corrected chi connectivity index (χ4v) is 1.02. The molecule has 3 nitrogen and oxygen atoms in total. The number of hydrogen-bond donors (Lipinski definition) is 1. The van der Waals surface area contributed by atoms with Crippen LogP contribution in [0, 0.1) is 6.92 Å². The number of aliphatic hydroxyl groups is 1. The number of rotatable bonds is 2. The first-order chi connectivity index (χ1) is 6.02. The number of hydrogen-bond acceptors (Lipinski definition) is 2. The lowest BCUT2D eigenvalue weighted by atomic mass is 10.1. The summed E-state index contributed by atoms with van der Waals surface area (Å²) < 4.78 is 1.82.